The van der Waals surface area contributed by atoms with Crippen LogP contribution in [0.3, 0.4) is 0 Å². The Morgan fingerprint density at radius 3 is 1.96 bits per heavy atom. The monoisotopic (exact) mass is 305 g/mol. The van der Waals surface area contributed by atoms with Crippen molar-refractivity contribution in [3.63, 3.8) is 0 Å². The van der Waals surface area contributed by atoms with Crippen LogP contribution in [0.4, 0.5) is 0 Å². The molecule has 0 spiro atoms. The summed E-state index contributed by atoms with van der Waals surface area (Å²) in [6.45, 7) is 0. The van der Waals surface area contributed by atoms with Gasteiger partial charge in [-0.2, -0.15) is 0 Å². The van der Waals surface area contributed by atoms with Crippen LogP contribution in [0.25, 0.3) is 43.7 Å². The van der Waals surface area contributed by atoms with E-state index >= 15 is 0 Å². The van der Waals surface area contributed by atoms with Crippen molar-refractivity contribution < 1.29 is 0 Å². The van der Waals surface area contributed by atoms with Gasteiger partial charge >= 0.3 is 0 Å². The summed E-state index contributed by atoms with van der Waals surface area (Å²) < 4.78 is 0. The van der Waals surface area contributed by atoms with Gasteiger partial charge in [-0.05, 0) is 22.2 Å². The average molecular weight is 305 g/mol. The molecule has 0 atom stereocenters. The molecule has 0 fully saturated rings. The maximum absolute atomic E-state index is 5.02. The molecule has 0 aliphatic heterocycles. The van der Waals surface area contributed by atoms with Gasteiger partial charge in [0.25, 0.3) is 0 Å². The lowest BCUT2D eigenvalue weighted by Crippen LogP contribution is -1.90. The van der Waals surface area contributed by atoms with Gasteiger partial charge in [-0.25, -0.2) is 4.98 Å². The first kappa shape index (κ1) is 13.3. The van der Waals surface area contributed by atoms with E-state index < -0.39 is 0 Å². The number of hydrogen-bond donors (Lipinski definition) is 0. The molecule has 0 N–H and O–H groups in total. The lowest BCUT2D eigenvalue weighted by Gasteiger charge is -2.12. The summed E-state index contributed by atoms with van der Waals surface area (Å²) in [5, 5.41) is 6.15. The van der Waals surface area contributed by atoms with Crippen molar-refractivity contribution >= 4 is 32.4 Å². The molecular formula is C23H15N. The first-order valence-corrected chi connectivity index (χ1v) is 8.17. The summed E-state index contributed by atoms with van der Waals surface area (Å²) in [7, 11) is 0. The van der Waals surface area contributed by atoms with Crippen LogP contribution in [0.15, 0.2) is 91.0 Å². The Balaban J connectivity index is 1.98. The van der Waals surface area contributed by atoms with Gasteiger partial charge in [-0.1, -0.05) is 84.9 Å². The minimum Gasteiger partial charge on any atom is -0.247 e. The second-order valence-electron chi connectivity index (χ2n) is 6.05. The zero-order chi connectivity index (χ0) is 15.9. The molecule has 112 valence electrons. The van der Waals surface area contributed by atoms with Crippen LogP contribution >= 0.6 is 0 Å². The van der Waals surface area contributed by atoms with Gasteiger partial charge in [0.2, 0.25) is 0 Å². The molecule has 5 rings (SSSR count). The first-order chi connectivity index (χ1) is 11.9. The van der Waals surface area contributed by atoms with E-state index in [0.29, 0.717) is 0 Å². The largest absolute Gasteiger partial charge is 0.247 e. The van der Waals surface area contributed by atoms with Crippen LogP contribution in [0.1, 0.15) is 0 Å². The highest BCUT2D eigenvalue weighted by atomic mass is 14.7. The third-order valence-corrected chi connectivity index (χ3v) is 4.65. The Kier molecular flexibility index (Phi) is 2.86. The minimum absolute atomic E-state index is 1.04. The lowest BCUT2D eigenvalue weighted by atomic mass is 9.96. The van der Waals surface area contributed by atoms with Crippen LogP contribution < -0.4 is 0 Å². The molecular weight excluding hydrogens is 290 g/mol. The zero-order valence-electron chi connectivity index (χ0n) is 13.1. The maximum Gasteiger partial charge on any atom is 0.0794 e. The number of nitrogens with zero attached hydrogens (tertiary/aromatic N) is 1. The Labute approximate surface area is 140 Å². The maximum atomic E-state index is 5.02. The summed E-state index contributed by atoms with van der Waals surface area (Å²) in [6, 6.07) is 31.9. The average Bonchev–Trinajstić information content (AvgIpc) is 2.67. The van der Waals surface area contributed by atoms with Crippen molar-refractivity contribution in [2.75, 3.05) is 0 Å². The van der Waals surface area contributed by atoms with Crippen LogP contribution in [-0.4, -0.2) is 4.98 Å². The van der Waals surface area contributed by atoms with Gasteiger partial charge in [-0.3, -0.25) is 0 Å². The molecule has 0 aliphatic carbocycles. The third-order valence-electron chi connectivity index (χ3n) is 4.65. The molecule has 0 aliphatic rings. The SMILES string of the molecule is c1ccc2c(-c3nc4ccccc4c4ccccc34)cccc2c1. The number of fused-ring (bicyclic) bond motifs is 4. The molecule has 4 aromatic carbocycles. The van der Waals surface area contributed by atoms with E-state index in [-0.39, 0.29) is 0 Å². The Morgan fingerprint density at radius 2 is 1.08 bits per heavy atom. The standard InChI is InChI=1S/C23H15N/c1-2-10-17-16(8-1)9-7-14-20(17)23-21-13-4-3-11-18(21)19-12-5-6-15-22(19)24-23/h1-15H. The van der Waals surface area contributed by atoms with E-state index in [1.165, 1.54) is 32.5 Å². The number of rotatable bonds is 1. The van der Waals surface area contributed by atoms with Gasteiger partial charge in [0.1, 0.15) is 0 Å². The van der Waals surface area contributed by atoms with Crippen LogP contribution in [0.2, 0.25) is 0 Å². The number of hydrogen-bond acceptors (Lipinski definition) is 1. The van der Waals surface area contributed by atoms with Gasteiger partial charge < -0.3 is 0 Å². The van der Waals surface area contributed by atoms with Crippen molar-refractivity contribution in [3.8, 4) is 11.3 Å². The normalized spacial score (nSPS) is 11.3. The second-order valence-corrected chi connectivity index (χ2v) is 6.05. The number of pyridine rings is 1. The molecule has 0 unspecified atom stereocenters. The molecule has 1 aromatic heterocycles. The van der Waals surface area contributed by atoms with Crippen molar-refractivity contribution in [1.82, 2.24) is 4.98 Å². The van der Waals surface area contributed by atoms with Crippen LogP contribution in [-0.2, 0) is 0 Å². The van der Waals surface area contributed by atoms with E-state index in [2.05, 4.69) is 91.0 Å². The fraction of sp³-hybridized carbons (Fsp3) is 0. The topological polar surface area (TPSA) is 12.9 Å². The summed E-state index contributed by atoms with van der Waals surface area (Å²) in [5.74, 6) is 0. The molecule has 0 amide bonds. The van der Waals surface area contributed by atoms with Crippen molar-refractivity contribution in [2.45, 2.75) is 0 Å². The van der Waals surface area contributed by atoms with Gasteiger partial charge in [-0.15, -0.1) is 0 Å². The van der Waals surface area contributed by atoms with Crippen LogP contribution in [0.5, 0.6) is 0 Å². The van der Waals surface area contributed by atoms with E-state index in [9.17, 15) is 0 Å². The highest BCUT2D eigenvalue weighted by Crippen LogP contribution is 2.35. The van der Waals surface area contributed by atoms with Crippen molar-refractivity contribution in [3.05, 3.63) is 91.0 Å². The third kappa shape index (κ3) is 1.92. The fourth-order valence-corrected chi connectivity index (χ4v) is 3.54. The first-order valence-electron chi connectivity index (χ1n) is 8.17. The molecule has 1 heterocycles. The predicted molar refractivity (Wildman–Crippen MR) is 102 cm³/mol. The molecule has 1 heteroatoms. The van der Waals surface area contributed by atoms with Gasteiger partial charge in [0.05, 0.1) is 11.2 Å². The summed E-state index contributed by atoms with van der Waals surface area (Å²) in [6.07, 6.45) is 0. The van der Waals surface area contributed by atoms with Crippen LogP contribution in [0, 0.1) is 0 Å². The number of benzene rings is 4. The molecule has 1 nitrogen and oxygen atoms in total. The molecule has 0 saturated carbocycles. The smallest absolute Gasteiger partial charge is 0.0794 e. The predicted octanol–water partition coefficient (Wildman–Crippen LogP) is 6.21. The Hall–Kier alpha value is -3.19. The number of para-hydroxylation sites is 1. The van der Waals surface area contributed by atoms with Gasteiger partial charge in [0.15, 0.2) is 0 Å². The summed E-state index contributed by atoms with van der Waals surface area (Å²) in [4.78, 5) is 5.02. The van der Waals surface area contributed by atoms with E-state index in [1.807, 2.05) is 0 Å². The zero-order valence-corrected chi connectivity index (χ0v) is 13.1. The van der Waals surface area contributed by atoms with E-state index in [1.54, 1.807) is 0 Å². The lowest BCUT2D eigenvalue weighted by molar-refractivity contribution is 1.44. The highest BCUT2D eigenvalue weighted by molar-refractivity contribution is 6.13. The second kappa shape index (κ2) is 5.17. The molecule has 0 bridgehead atoms. The van der Waals surface area contributed by atoms with E-state index in [4.69, 9.17) is 4.98 Å². The van der Waals surface area contributed by atoms with Crippen molar-refractivity contribution in [1.29, 1.82) is 0 Å². The summed E-state index contributed by atoms with van der Waals surface area (Å²) in [5.41, 5.74) is 3.29. The van der Waals surface area contributed by atoms with Gasteiger partial charge in [0, 0.05) is 16.3 Å². The van der Waals surface area contributed by atoms with Crippen molar-refractivity contribution in [2.24, 2.45) is 0 Å². The fourth-order valence-electron chi connectivity index (χ4n) is 3.54. The molecule has 0 radical (unpaired) electrons. The Morgan fingerprint density at radius 1 is 0.458 bits per heavy atom. The van der Waals surface area contributed by atoms with E-state index in [0.717, 1.165) is 11.2 Å². The Bertz CT molecular complexity index is 1200. The number of aromatic nitrogens is 1. The highest BCUT2D eigenvalue weighted by Gasteiger charge is 2.11. The molecule has 0 saturated heterocycles. The molecule has 24 heavy (non-hydrogen) atoms. The minimum atomic E-state index is 1.04. The quantitative estimate of drug-likeness (QED) is 0.336. The molecule has 5 aromatic rings. The summed E-state index contributed by atoms with van der Waals surface area (Å²) >= 11 is 0.